The van der Waals surface area contributed by atoms with Crippen LogP contribution in [0.4, 0.5) is 5.82 Å². The quantitative estimate of drug-likeness (QED) is 0.716. The van der Waals surface area contributed by atoms with Crippen LogP contribution < -0.4 is 10.2 Å². The van der Waals surface area contributed by atoms with Gasteiger partial charge in [-0.1, -0.05) is 6.07 Å². The normalized spacial score (nSPS) is 14.6. The number of nitrogens with one attached hydrogen (secondary N) is 1. The van der Waals surface area contributed by atoms with Crippen LogP contribution in [0, 0.1) is 6.92 Å². The van der Waals surface area contributed by atoms with Gasteiger partial charge in [0.25, 0.3) is 5.91 Å². The maximum atomic E-state index is 12.9. The maximum absolute atomic E-state index is 12.9. The predicted molar refractivity (Wildman–Crippen MR) is 111 cm³/mol. The minimum atomic E-state index is -0.138. The maximum Gasteiger partial charge on any atom is 0.252 e. The second-order valence-corrected chi connectivity index (χ2v) is 7.54. The van der Waals surface area contributed by atoms with Crippen molar-refractivity contribution in [1.29, 1.82) is 0 Å². The second kappa shape index (κ2) is 8.16. The molecule has 0 aromatic carbocycles. The number of carbonyl (C=O) groups is 1. The summed E-state index contributed by atoms with van der Waals surface area (Å²) in [6, 6.07) is 5.98. The molecule has 1 aliphatic rings. The first-order valence-corrected chi connectivity index (χ1v) is 9.93. The Morgan fingerprint density at radius 3 is 2.72 bits per heavy atom. The smallest absolute Gasteiger partial charge is 0.252 e. The third kappa shape index (κ3) is 4.07. The van der Waals surface area contributed by atoms with Gasteiger partial charge < -0.3 is 15.0 Å². The molecule has 4 heterocycles. The third-order valence-corrected chi connectivity index (χ3v) is 5.03. The first-order valence-electron chi connectivity index (χ1n) is 9.93. The molecule has 29 heavy (non-hydrogen) atoms. The molecule has 8 nitrogen and oxygen atoms in total. The molecule has 0 aliphatic carbocycles. The van der Waals surface area contributed by atoms with Crippen LogP contribution in [0.2, 0.25) is 0 Å². The highest BCUT2D eigenvalue weighted by atomic mass is 16.5. The lowest BCUT2D eigenvalue weighted by molar-refractivity contribution is 0.0952. The van der Waals surface area contributed by atoms with Crippen molar-refractivity contribution >= 4 is 22.8 Å². The minimum absolute atomic E-state index is 0.138. The Bertz CT molecular complexity index is 1010. The standard InChI is InChI=1S/C21H26N6O2/c1-14(2)27-20-18(13-24-27)17(10-15(3)25-20)21(28)23-12-16-4-5-19(22-11-16)26-6-8-29-9-7-26/h4-5,10-11,13-14H,6-9,12H2,1-3H3,(H,23,28). The Kier molecular flexibility index (Phi) is 5.44. The van der Waals surface area contributed by atoms with E-state index in [-0.39, 0.29) is 11.9 Å². The number of morpholine rings is 1. The van der Waals surface area contributed by atoms with E-state index < -0.39 is 0 Å². The zero-order valence-corrected chi connectivity index (χ0v) is 17.1. The lowest BCUT2D eigenvalue weighted by Crippen LogP contribution is -2.36. The van der Waals surface area contributed by atoms with E-state index in [0.717, 1.165) is 54.4 Å². The number of pyridine rings is 2. The molecule has 8 heteroatoms. The highest BCUT2D eigenvalue weighted by Gasteiger charge is 2.17. The third-order valence-electron chi connectivity index (χ3n) is 5.03. The summed E-state index contributed by atoms with van der Waals surface area (Å²) >= 11 is 0. The summed E-state index contributed by atoms with van der Waals surface area (Å²) in [5.74, 6) is 0.803. The number of aryl methyl sites for hydroxylation is 1. The van der Waals surface area contributed by atoms with Crippen LogP contribution >= 0.6 is 0 Å². The van der Waals surface area contributed by atoms with E-state index in [0.29, 0.717) is 12.1 Å². The van der Waals surface area contributed by atoms with Crippen molar-refractivity contribution < 1.29 is 9.53 Å². The van der Waals surface area contributed by atoms with Crippen LogP contribution in [-0.2, 0) is 11.3 Å². The topological polar surface area (TPSA) is 85.2 Å². The first kappa shape index (κ1) is 19.3. The number of rotatable bonds is 5. The van der Waals surface area contributed by atoms with E-state index in [1.807, 2.05) is 49.8 Å². The van der Waals surface area contributed by atoms with Crippen molar-refractivity contribution in [2.24, 2.45) is 0 Å². The van der Waals surface area contributed by atoms with Crippen molar-refractivity contribution in [3.63, 3.8) is 0 Å². The summed E-state index contributed by atoms with van der Waals surface area (Å²) in [6.45, 7) is 9.56. The monoisotopic (exact) mass is 394 g/mol. The Morgan fingerprint density at radius 1 is 1.24 bits per heavy atom. The van der Waals surface area contributed by atoms with Crippen molar-refractivity contribution in [2.45, 2.75) is 33.4 Å². The van der Waals surface area contributed by atoms with E-state index in [9.17, 15) is 4.79 Å². The molecule has 0 saturated carbocycles. The van der Waals surface area contributed by atoms with Gasteiger partial charge in [0.1, 0.15) is 5.82 Å². The summed E-state index contributed by atoms with van der Waals surface area (Å²) in [4.78, 5) is 24.2. The van der Waals surface area contributed by atoms with Gasteiger partial charge in [-0.3, -0.25) is 4.79 Å². The van der Waals surface area contributed by atoms with Crippen LogP contribution in [0.25, 0.3) is 11.0 Å². The number of amides is 1. The molecule has 0 atom stereocenters. The van der Waals surface area contributed by atoms with Gasteiger partial charge in [0.15, 0.2) is 5.65 Å². The van der Waals surface area contributed by atoms with Gasteiger partial charge in [-0.25, -0.2) is 14.6 Å². The van der Waals surface area contributed by atoms with Crippen LogP contribution in [0.3, 0.4) is 0 Å². The largest absolute Gasteiger partial charge is 0.378 e. The average Bonchev–Trinajstić information content (AvgIpc) is 3.16. The summed E-state index contributed by atoms with van der Waals surface area (Å²) < 4.78 is 7.22. The highest BCUT2D eigenvalue weighted by molar-refractivity contribution is 6.05. The summed E-state index contributed by atoms with van der Waals surface area (Å²) in [5.41, 5.74) is 3.08. The summed E-state index contributed by atoms with van der Waals surface area (Å²) in [6.07, 6.45) is 3.53. The molecule has 1 saturated heterocycles. The molecule has 1 aliphatic heterocycles. The average molecular weight is 394 g/mol. The number of fused-ring (bicyclic) bond motifs is 1. The SMILES string of the molecule is Cc1cc(C(=O)NCc2ccc(N3CCOCC3)nc2)c2cnn(C(C)C)c2n1. The highest BCUT2D eigenvalue weighted by Crippen LogP contribution is 2.21. The van der Waals surface area contributed by atoms with Gasteiger partial charge in [-0.15, -0.1) is 0 Å². The van der Waals surface area contributed by atoms with E-state index in [4.69, 9.17) is 4.74 Å². The van der Waals surface area contributed by atoms with Gasteiger partial charge in [0.05, 0.1) is 30.4 Å². The van der Waals surface area contributed by atoms with Crippen molar-refractivity contribution in [3.05, 3.63) is 47.4 Å². The molecule has 0 spiro atoms. The minimum Gasteiger partial charge on any atom is -0.378 e. The van der Waals surface area contributed by atoms with Gasteiger partial charge >= 0.3 is 0 Å². The fourth-order valence-corrected chi connectivity index (χ4v) is 3.49. The Balaban J connectivity index is 1.47. The van der Waals surface area contributed by atoms with Gasteiger partial charge in [-0.2, -0.15) is 5.10 Å². The number of hydrogen-bond acceptors (Lipinski definition) is 6. The lowest BCUT2D eigenvalue weighted by atomic mass is 10.1. The molecule has 1 fully saturated rings. The molecular weight excluding hydrogens is 368 g/mol. The van der Waals surface area contributed by atoms with Crippen LogP contribution in [0.1, 0.15) is 41.5 Å². The van der Waals surface area contributed by atoms with E-state index >= 15 is 0 Å². The number of ether oxygens (including phenoxy) is 1. The molecule has 4 rings (SSSR count). The van der Waals surface area contributed by atoms with Crippen molar-refractivity contribution in [2.75, 3.05) is 31.2 Å². The summed E-state index contributed by atoms with van der Waals surface area (Å²) in [7, 11) is 0. The number of anilines is 1. The van der Waals surface area contributed by atoms with Crippen LogP contribution in [0.5, 0.6) is 0 Å². The predicted octanol–water partition coefficient (Wildman–Crippen LogP) is 2.48. The van der Waals surface area contributed by atoms with Gasteiger partial charge in [0, 0.05) is 37.6 Å². The molecule has 0 bridgehead atoms. The molecule has 1 amide bonds. The second-order valence-electron chi connectivity index (χ2n) is 7.54. The van der Waals surface area contributed by atoms with E-state index in [2.05, 4.69) is 25.3 Å². The van der Waals surface area contributed by atoms with Crippen LogP contribution in [-0.4, -0.2) is 52.0 Å². The van der Waals surface area contributed by atoms with E-state index in [1.165, 1.54) is 0 Å². The molecular formula is C21H26N6O2. The molecule has 0 radical (unpaired) electrons. The molecule has 3 aromatic heterocycles. The Morgan fingerprint density at radius 2 is 2.03 bits per heavy atom. The Labute approximate surface area is 169 Å². The molecule has 1 N–H and O–H groups in total. The fourth-order valence-electron chi connectivity index (χ4n) is 3.49. The number of aromatic nitrogens is 4. The van der Waals surface area contributed by atoms with Crippen molar-refractivity contribution in [1.82, 2.24) is 25.1 Å². The fraction of sp³-hybridized carbons (Fsp3) is 0.429. The Hall–Kier alpha value is -3.00. The molecule has 0 unspecified atom stereocenters. The van der Waals surface area contributed by atoms with Crippen LogP contribution in [0.15, 0.2) is 30.6 Å². The number of nitrogens with zero attached hydrogens (tertiary/aromatic N) is 5. The first-order chi connectivity index (χ1) is 14.0. The number of carbonyl (C=O) groups excluding carboxylic acids is 1. The lowest BCUT2D eigenvalue weighted by Gasteiger charge is -2.27. The zero-order valence-electron chi connectivity index (χ0n) is 17.1. The van der Waals surface area contributed by atoms with Crippen molar-refractivity contribution in [3.8, 4) is 0 Å². The van der Waals surface area contributed by atoms with E-state index in [1.54, 1.807) is 6.20 Å². The number of hydrogen-bond donors (Lipinski definition) is 1. The van der Waals surface area contributed by atoms with Gasteiger partial charge in [0.2, 0.25) is 0 Å². The molecule has 152 valence electrons. The van der Waals surface area contributed by atoms with Gasteiger partial charge in [-0.05, 0) is 38.5 Å². The molecule has 3 aromatic rings. The summed E-state index contributed by atoms with van der Waals surface area (Å²) in [5, 5.41) is 8.16. The zero-order chi connectivity index (χ0) is 20.4.